The normalized spacial score (nSPS) is 15.5. The fraction of sp³-hybridized carbons (Fsp3) is 0.333. The summed E-state index contributed by atoms with van der Waals surface area (Å²) in [6, 6.07) is 13.5. The number of ether oxygens (including phenoxy) is 2. The Kier molecular flexibility index (Phi) is 6.72. The summed E-state index contributed by atoms with van der Waals surface area (Å²) in [5.41, 5.74) is 2.85. The molecule has 162 valence electrons. The third-order valence-electron chi connectivity index (χ3n) is 5.46. The quantitative estimate of drug-likeness (QED) is 0.549. The molecule has 1 aliphatic rings. The fourth-order valence-electron chi connectivity index (χ4n) is 3.73. The van der Waals surface area contributed by atoms with Gasteiger partial charge >= 0.3 is 0 Å². The molecule has 7 heteroatoms. The van der Waals surface area contributed by atoms with Crippen LogP contribution in [-0.4, -0.2) is 36.3 Å². The summed E-state index contributed by atoms with van der Waals surface area (Å²) in [7, 11) is 3.20. The molecule has 6 nitrogen and oxygen atoms in total. The first-order valence-corrected chi connectivity index (χ1v) is 11.4. The van der Waals surface area contributed by atoms with Crippen LogP contribution in [0.2, 0.25) is 0 Å². The molecule has 1 N–H and O–H groups in total. The smallest absolute Gasteiger partial charge is 0.206 e. The third-order valence-corrected chi connectivity index (χ3v) is 6.30. The average Bonchev–Trinajstić information content (AvgIpc) is 3.21. The number of thiazole rings is 1. The Balaban J connectivity index is 1.74. The lowest BCUT2D eigenvalue weighted by atomic mass is 9.96. The van der Waals surface area contributed by atoms with E-state index < -0.39 is 0 Å². The lowest BCUT2D eigenvalue weighted by Crippen LogP contribution is -2.19. The zero-order valence-corrected chi connectivity index (χ0v) is 18.6. The highest BCUT2D eigenvalue weighted by atomic mass is 32.1. The maximum atomic E-state index is 9.85. The Morgan fingerprint density at radius 2 is 1.81 bits per heavy atom. The summed E-state index contributed by atoms with van der Waals surface area (Å²) in [6.45, 7) is 0. The number of nitrogens with zero attached hydrogens (tertiary/aromatic N) is 3. The van der Waals surface area contributed by atoms with Crippen LogP contribution in [0.1, 0.15) is 37.7 Å². The molecule has 1 aliphatic carbocycles. The van der Waals surface area contributed by atoms with Crippen molar-refractivity contribution in [1.29, 1.82) is 0 Å². The molecule has 0 aliphatic heterocycles. The summed E-state index contributed by atoms with van der Waals surface area (Å²) in [5, 5.41) is 16.7. The van der Waals surface area contributed by atoms with Crippen molar-refractivity contribution in [1.82, 2.24) is 4.68 Å². The summed E-state index contributed by atoms with van der Waals surface area (Å²) in [6.07, 6.45) is 7.81. The van der Waals surface area contributed by atoms with Gasteiger partial charge in [-0.3, -0.25) is 4.99 Å². The molecule has 0 unspecified atom stereocenters. The Morgan fingerprint density at radius 3 is 2.52 bits per heavy atom. The molecule has 1 fully saturated rings. The summed E-state index contributed by atoms with van der Waals surface area (Å²) in [5.74, 6) is 1.34. The van der Waals surface area contributed by atoms with Crippen LogP contribution in [0.15, 0.2) is 57.9 Å². The topological polar surface area (TPSA) is 68.3 Å². The van der Waals surface area contributed by atoms with E-state index in [0.29, 0.717) is 11.8 Å². The van der Waals surface area contributed by atoms with Gasteiger partial charge in [0.1, 0.15) is 5.75 Å². The second-order valence-electron chi connectivity index (χ2n) is 7.54. The molecular formula is C24H27N3O3S. The number of hydrogen-bond donors (Lipinski definition) is 1. The molecule has 1 heterocycles. The first kappa shape index (κ1) is 21.2. The minimum absolute atomic E-state index is 0.106. The van der Waals surface area contributed by atoms with Gasteiger partial charge in [0.05, 0.1) is 32.2 Å². The van der Waals surface area contributed by atoms with Gasteiger partial charge in [-0.15, -0.1) is 11.3 Å². The molecule has 0 saturated heterocycles. The van der Waals surface area contributed by atoms with E-state index in [1.54, 1.807) is 42.9 Å². The highest BCUT2D eigenvalue weighted by molar-refractivity contribution is 7.07. The second kappa shape index (κ2) is 9.83. The maximum Gasteiger partial charge on any atom is 0.206 e. The number of hydrogen-bond acceptors (Lipinski definition) is 6. The molecule has 0 atom stereocenters. The van der Waals surface area contributed by atoms with E-state index in [4.69, 9.17) is 19.6 Å². The molecule has 0 bridgehead atoms. The SMILES string of the molecule is COc1ccc(-c2csc(=NC3CCCCC3)n2N=Cc2ccc(O)c(OC)c2)cc1. The predicted molar refractivity (Wildman–Crippen MR) is 124 cm³/mol. The van der Waals surface area contributed by atoms with Crippen LogP contribution in [0.3, 0.4) is 0 Å². The van der Waals surface area contributed by atoms with Crippen molar-refractivity contribution in [2.75, 3.05) is 14.2 Å². The van der Waals surface area contributed by atoms with Gasteiger partial charge < -0.3 is 14.6 Å². The lowest BCUT2D eigenvalue weighted by molar-refractivity contribution is 0.373. The average molecular weight is 438 g/mol. The van der Waals surface area contributed by atoms with Gasteiger partial charge in [-0.1, -0.05) is 19.3 Å². The molecule has 4 rings (SSSR count). The monoisotopic (exact) mass is 437 g/mol. The molecule has 1 aromatic heterocycles. The zero-order valence-electron chi connectivity index (χ0n) is 17.8. The highest BCUT2D eigenvalue weighted by Crippen LogP contribution is 2.26. The number of phenols is 1. The molecule has 0 amide bonds. The summed E-state index contributed by atoms with van der Waals surface area (Å²) in [4.78, 5) is 5.92. The van der Waals surface area contributed by atoms with Crippen LogP contribution >= 0.6 is 11.3 Å². The fourth-order valence-corrected chi connectivity index (χ4v) is 4.63. The van der Waals surface area contributed by atoms with E-state index in [9.17, 15) is 5.11 Å². The van der Waals surface area contributed by atoms with Gasteiger partial charge in [0.25, 0.3) is 0 Å². The van der Waals surface area contributed by atoms with E-state index in [1.165, 1.54) is 26.4 Å². The van der Waals surface area contributed by atoms with Crippen molar-refractivity contribution >= 4 is 17.6 Å². The van der Waals surface area contributed by atoms with Gasteiger partial charge in [0, 0.05) is 10.9 Å². The van der Waals surface area contributed by atoms with Gasteiger partial charge in [0.2, 0.25) is 4.80 Å². The minimum Gasteiger partial charge on any atom is -0.504 e. The maximum absolute atomic E-state index is 9.85. The summed E-state index contributed by atoms with van der Waals surface area (Å²) >= 11 is 1.61. The van der Waals surface area contributed by atoms with E-state index in [1.807, 2.05) is 28.9 Å². The molecule has 0 radical (unpaired) electrons. The Labute approximate surface area is 186 Å². The molecular weight excluding hydrogens is 410 g/mol. The number of aromatic nitrogens is 1. The van der Waals surface area contributed by atoms with Crippen LogP contribution in [0.25, 0.3) is 11.3 Å². The standard InChI is InChI=1S/C24H27N3O3S/c1-29-20-11-9-18(10-12-20)21-16-31-24(26-19-6-4-3-5-7-19)27(21)25-15-17-8-13-22(28)23(14-17)30-2/h8-16,19,28H,3-7H2,1-2H3. The van der Waals surface area contributed by atoms with Gasteiger partial charge in [-0.25, -0.2) is 4.68 Å². The van der Waals surface area contributed by atoms with Crippen LogP contribution in [0, 0.1) is 0 Å². The van der Waals surface area contributed by atoms with Crippen molar-refractivity contribution in [2.24, 2.45) is 10.1 Å². The molecule has 31 heavy (non-hydrogen) atoms. The highest BCUT2D eigenvalue weighted by Gasteiger charge is 2.14. The van der Waals surface area contributed by atoms with Gasteiger partial charge in [-0.2, -0.15) is 5.10 Å². The van der Waals surface area contributed by atoms with Crippen LogP contribution in [0.4, 0.5) is 0 Å². The minimum atomic E-state index is 0.106. The van der Waals surface area contributed by atoms with E-state index in [0.717, 1.165) is 40.2 Å². The number of benzene rings is 2. The first-order chi connectivity index (χ1) is 15.2. The van der Waals surface area contributed by atoms with Gasteiger partial charge in [0.15, 0.2) is 11.5 Å². The Morgan fingerprint density at radius 1 is 1.03 bits per heavy atom. The predicted octanol–water partition coefficient (Wildman–Crippen LogP) is 5.06. The first-order valence-electron chi connectivity index (χ1n) is 10.5. The van der Waals surface area contributed by atoms with Crippen LogP contribution < -0.4 is 14.3 Å². The van der Waals surface area contributed by atoms with Crippen molar-refractivity contribution in [3.8, 4) is 28.5 Å². The number of methoxy groups -OCH3 is 2. The van der Waals surface area contributed by atoms with E-state index in [2.05, 4.69) is 5.38 Å². The largest absolute Gasteiger partial charge is 0.504 e. The molecule has 3 aromatic rings. The number of aromatic hydroxyl groups is 1. The van der Waals surface area contributed by atoms with Crippen molar-refractivity contribution in [3.05, 3.63) is 58.2 Å². The van der Waals surface area contributed by atoms with Crippen LogP contribution in [0.5, 0.6) is 17.2 Å². The van der Waals surface area contributed by atoms with Crippen molar-refractivity contribution in [3.63, 3.8) is 0 Å². The Hall–Kier alpha value is -3.06. The lowest BCUT2D eigenvalue weighted by Gasteiger charge is -2.16. The number of rotatable bonds is 6. The van der Waals surface area contributed by atoms with Crippen LogP contribution in [-0.2, 0) is 0 Å². The second-order valence-corrected chi connectivity index (χ2v) is 8.38. The van der Waals surface area contributed by atoms with Crippen molar-refractivity contribution < 1.29 is 14.6 Å². The molecule has 2 aromatic carbocycles. The molecule has 1 saturated carbocycles. The summed E-state index contributed by atoms with van der Waals surface area (Å²) < 4.78 is 12.4. The molecule has 0 spiro atoms. The van der Waals surface area contributed by atoms with Gasteiger partial charge in [-0.05, 0) is 60.9 Å². The van der Waals surface area contributed by atoms with Crippen molar-refractivity contribution in [2.45, 2.75) is 38.1 Å². The van der Waals surface area contributed by atoms with E-state index in [-0.39, 0.29) is 5.75 Å². The Bertz CT molecular complexity index is 1110. The zero-order chi connectivity index (χ0) is 21.6. The number of phenolic OH excluding ortho intramolecular Hbond substituents is 1. The van der Waals surface area contributed by atoms with E-state index >= 15 is 0 Å². The third kappa shape index (κ3) is 4.99.